The van der Waals surface area contributed by atoms with E-state index in [-0.39, 0.29) is 12.4 Å². The standard InChI is InChI=1S/C17H12FNO4/c18-13-6-3-12(4-7-13)5-8-17(20)22-11-14-10-16(23-19-14)15-2-1-9-21-15/h1-10H,11H2/b8-5+. The number of rotatable bonds is 5. The smallest absolute Gasteiger partial charge is 0.331 e. The number of hydrogen-bond donors (Lipinski definition) is 0. The van der Waals surface area contributed by atoms with Gasteiger partial charge < -0.3 is 13.7 Å². The van der Waals surface area contributed by atoms with Crippen molar-refractivity contribution < 1.29 is 22.9 Å². The van der Waals surface area contributed by atoms with Crippen molar-refractivity contribution in [3.8, 4) is 11.5 Å². The van der Waals surface area contributed by atoms with Crippen LogP contribution in [0.15, 0.2) is 63.7 Å². The first-order valence-corrected chi connectivity index (χ1v) is 6.80. The summed E-state index contributed by atoms with van der Waals surface area (Å²) < 4.78 is 28.1. The Morgan fingerprint density at radius 1 is 1.22 bits per heavy atom. The zero-order valence-electron chi connectivity index (χ0n) is 11.9. The second-order valence-electron chi connectivity index (χ2n) is 4.65. The third kappa shape index (κ3) is 3.94. The molecule has 0 spiro atoms. The van der Waals surface area contributed by atoms with E-state index in [1.807, 2.05) is 0 Å². The van der Waals surface area contributed by atoms with Crippen LogP contribution in [0.3, 0.4) is 0 Å². The number of furan rings is 1. The highest BCUT2D eigenvalue weighted by Gasteiger charge is 2.10. The largest absolute Gasteiger partial charge is 0.461 e. The average Bonchev–Trinajstić information content (AvgIpc) is 3.23. The monoisotopic (exact) mass is 313 g/mol. The molecule has 2 heterocycles. The second-order valence-corrected chi connectivity index (χ2v) is 4.65. The van der Waals surface area contributed by atoms with Crippen LogP contribution in [0.4, 0.5) is 4.39 Å². The van der Waals surface area contributed by atoms with Crippen molar-refractivity contribution in [3.05, 3.63) is 71.9 Å². The van der Waals surface area contributed by atoms with Crippen LogP contribution >= 0.6 is 0 Å². The molecule has 0 aliphatic heterocycles. The van der Waals surface area contributed by atoms with E-state index in [0.29, 0.717) is 22.8 Å². The lowest BCUT2D eigenvalue weighted by Crippen LogP contribution is -2.00. The number of carbonyl (C=O) groups is 1. The molecule has 0 N–H and O–H groups in total. The minimum absolute atomic E-state index is 0.0171. The average molecular weight is 313 g/mol. The topological polar surface area (TPSA) is 65.5 Å². The lowest BCUT2D eigenvalue weighted by Gasteiger charge is -1.97. The fourth-order valence-corrected chi connectivity index (χ4v) is 1.85. The molecule has 1 aromatic carbocycles. The van der Waals surface area contributed by atoms with Crippen LogP contribution in [0.5, 0.6) is 0 Å². The van der Waals surface area contributed by atoms with Crippen molar-refractivity contribution in [2.24, 2.45) is 0 Å². The molecule has 0 unspecified atom stereocenters. The first-order chi connectivity index (χ1) is 11.2. The lowest BCUT2D eigenvalue weighted by molar-refractivity contribution is -0.139. The molecule has 6 heteroatoms. The third-order valence-electron chi connectivity index (χ3n) is 2.97. The molecule has 0 amide bonds. The van der Waals surface area contributed by atoms with Gasteiger partial charge in [-0.05, 0) is 35.9 Å². The fraction of sp³-hybridized carbons (Fsp3) is 0.0588. The predicted octanol–water partition coefficient (Wildman–Crippen LogP) is 3.83. The highest BCUT2D eigenvalue weighted by molar-refractivity contribution is 5.87. The van der Waals surface area contributed by atoms with Crippen LogP contribution in [-0.2, 0) is 16.1 Å². The first-order valence-electron chi connectivity index (χ1n) is 6.80. The van der Waals surface area contributed by atoms with Gasteiger partial charge in [0.15, 0.2) is 5.76 Å². The number of nitrogens with zero attached hydrogens (tertiary/aromatic N) is 1. The van der Waals surface area contributed by atoms with Gasteiger partial charge in [0.1, 0.15) is 18.1 Å². The number of hydrogen-bond acceptors (Lipinski definition) is 5. The van der Waals surface area contributed by atoms with Crippen molar-refractivity contribution in [1.29, 1.82) is 0 Å². The van der Waals surface area contributed by atoms with Gasteiger partial charge in [-0.2, -0.15) is 0 Å². The van der Waals surface area contributed by atoms with Gasteiger partial charge in [0.05, 0.1) is 6.26 Å². The highest BCUT2D eigenvalue weighted by Crippen LogP contribution is 2.20. The number of esters is 1. The Kier molecular flexibility index (Phi) is 4.33. The molecular weight excluding hydrogens is 301 g/mol. The van der Waals surface area contributed by atoms with Crippen molar-refractivity contribution in [2.75, 3.05) is 0 Å². The Morgan fingerprint density at radius 2 is 2.04 bits per heavy atom. The van der Waals surface area contributed by atoms with E-state index >= 15 is 0 Å². The maximum Gasteiger partial charge on any atom is 0.331 e. The van der Waals surface area contributed by atoms with Gasteiger partial charge in [-0.25, -0.2) is 9.18 Å². The SMILES string of the molecule is O=C(/C=C/c1ccc(F)cc1)OCc1cc(-c2ccco2)on1. The summed E-state index contributed by atoms with van der Waals surface area (Å²) in [6.45, 7) is -0.0171. The normalized spacial score (nSPS) is 11.0. The molecule has 23 heavy (non-hydrogen) atoms. The molecule has 0 radical (unpaired) electrons. The summed E-state index contributed by atoms with van der Waals surface area (Å²) in [4.78, 5) is 11.6. The van der Waals surface area contributed by atoms with E-state index in [2.05, 4.69) is 5.16 Å². The maximum atomic E-state index is 12.8. The molecule has 5 nitrogen and oxygen atoms in total. The number of ether oxygens (including phenoxy) is 1. The summed E-state index contributed by atoms with van der Waals surface area (Å²) in [5.74, 6) is 0.147. The summed E-state index contributed by atoms with van der Waals surface area (Å²) in [6, 6.07) is 10.9. The van der Waals surface area contributed by atoms with E-state index in [9.17, 15) is 9.18 Å². The minimum atomic E-state index is -0.531. The molecule has 2 aromatic heterocycles. The van der Waals surface area contributed by atoms with Gasteiger partial charge in [0, 0.05) is 12.1 Å². The molecule has 0 saturated heterocycles. The number of halogens is 1. The molecule has 0 saturated carbocycles. The minimum Gasteiger partial charge on any atom is -0.461 e. The summed E-state index contributed by atoms with van der Waals surface area (Å²) in [7, 11) is 0. The van der Waals surface area contributed by atoms with Gasteiger partial charge >= 0.3 is 5.97 Å². The van der Waals surface area contributed by atoms with Crippen LogP contribution in [0.25, 0.3) is 17.6 Å². The van der Waals surface area contributed by atoms with Crippen LogP contribution in [-0.4, -0.2) is 11.1 Å². The van der Waals surface area contributed by atoms with Gasteiger partial charge in [-0.3, -0.25) is 0 Å². The van der Waals surface area contributed by atoms with Gasteiger partial charge in [0.25, 0.3) is 0 Å². The Balaban J connectivity index is 1.54. The molecule has 0 aliphatic carbocycles. The van der Waals surface area contributed by atoms with Gasteiger partial charge in [0.2, 0.25) is 5.76 Å². The summed E-state index contributed by atoms with van der Waals surface area (Å²) >= 11 is 0. The van der Waals surface area contributed by atoms with E-state index < -0.39 is 5.97 Å². The van der Waals surface area contributed by atoms with Crippen molar-refractivity contribution in [3.63, 3.8) is 0 Å². The summed E-state index contributed by atoms with van der Waals surface area (Å²) in [5.41, 5.74) is 1.17. The van der Waals surface area contributed by atoms with Crippen molar-refractivity contribution >= 4 is 12.0 Å². The molecule has 3 rings (SSSR count). The summed E-state index contributed by atoms with van der Waals surface area (Å²) in [6.07, 6.45) is 4.33. The van der Waals surface area contributed by atoms with Crippen LogP contribution in [0, 0.1) is 5.82 Å². The Bertz CT molecular complexity index is 804. The van der Waals surface area contributed by atoms with Crippen LogP contribution in [0.2, 0.25) is 0 Å². The first kappa shape index (κ1) is 14.8. The molecule has 0 bridgehead atoms. The zero-order chi connectivity index (χ0) is 16.1. The number of benzene rings is 1. The zero-order valence-corrected chi connectivity index (χ0v) is 11.9. The van der Waals surface area contributed by atoms with Crippen molar-refractivity contribution in [1.82, 2.24) is 5.16 Å². The Labute approximate surface area is 131 Å². The quantitative estimate of drug-likeness (QED) is 0.529. The molecule has 0 atom stereocenters. The molecule has 0 fully saturated rings. The van der Waals surface area contributed by atoms with E-state index in [1.54, 1.807) is 36.4 Å². The fourth-order valence-electron chi connectivity index (χ4n) is 1.85. The van der Waals surface area contributed by atoms with Crippen LogP contribution in [0.1, 0.15) is 11.3 Å². The van der Waals surface area contributed by atoms with E-state index in [4.69, 9.17) is 13.7 Å². The Hall–Kier alpha value is -3.15. The molecule has 3 aromatic rings. The molecular formula is C17H12FNO4. The lowest BCUT2D eigenvalue weighted by atomic mass is 10.2. The van der Waals surface area contributed by atoms with Gasteiger partial charge in [-0.15, -0.1) is 0 Å². The third-order valence-corrected chi connectivity index (χ3v) is 2.97. The molecule has 0 aliphatic rings. The highest BCUT2D eigenvalue weighted by atomic mass is 19.1. The summed E-state index contributed by atoms with van der Waals surface area (Å²) in [5, 5.41) is 3.79. The van der Waals surface area contributed by atoms with E-state index in [0.717, 1.165) is 0 Å². The number of aromatic nitrogens is 1. The second kappa shape index (κ2) is 6.74. The molecule has 116 valence electrons. The maximum absolute atomic E-state index is 12.8. The Morgan fingerprint density at radius 3 is 2.78 bits per heavy atom. The van der Waals surface area contributed by atoms with Crippen LogP contribution < -0.4 is 0 Å². The van der Waals surface area contributed by atoms with E-state index in [1.165, 1.54) is 24.5 Å². The van der Waals surface area contributed by atoms with Crippen molar-refractivity contribution in [2.45, 2.75) is 6.61 Å². The number of carbonyl (C=O) groups excluding carboxylic acids is 1. The predicted molar refractivity (Wildman–Crippen MR) is 79.4 cm³/mol. The van der Waals surface area contributed by atoms with Gasteiger partial charge in [-0.1, -0.05) is 17.3 Å².